The number of hydrogen-bond acceptors (Lipinski definition) is 7. The molecule has 2 fully saturated rings. The number of H-pyrrole nitrogens is 2. The number of aromatic amines is 2. The van der Waals surface area contributed by atoms with Gasteiger partial charge < -0.3 is 20.3 Å². The summed E-state index contributed by atoms with van der Waals surface area (Å²) in [5.74, 6) is 1.34. The predicted molar refractivity (Wildman–Crippen MR) is 150 cm³/mol. The molecule has 1 aliphatic heterocycles. The summed E-state index contributed by atoms with van der Waals surface area (Å²) in [5.41, 5.74) is 6.23. The van der Waals surface area contributed by atoms with Crippen LogP contribution in [-0.2, 0) is 0 Å². The molecule has 194 valence electrons. The topological polar surface area (TPSA) is 119 Å². The highest BCUT2D eigenvalue weighted by Gasteiger charge is 2.23. The molecule has 2 aliphatic rings. The summed E-state index contributed by atoms with van der Waals surface area (Å²) >= 11 is 0. The van der Waals surface area contributed by atoms with Crippen LogP contribution in [0, 0.1) is 5.92 Å². The van der Waals surface area contributed by atoms with Gasteiger partial charge in [0.05, 0.1) is 23.1 Å². The van der Waals surface area contributed by atoms with E-state index < -0.39 is 6.23 Å². The third-order valence-corrected chi connectivity index (χ3v) is 8.09. The minimum absolute atomic E-state index is 0.298. The number of nitrogens with zero attached hydrogens (tertiary/aromatic N) is 5. The van der Waals surface area contributed by atoms with Gasteiger partial charge in [0.2, 0.25) is 0 Å². The van der Waals surface area contributed by atoms with E-state index in [9.17, 15) is 5.11 Å². The zero-order chi connectivity index (χ0) is 25.5. The van der Waals surface area contributed by atoms with E-state index in [-0.39, 0.29) is 0 Å². The highest BCUT2D eigenvalue weighted by atomic mass is 16.3. The molecule has 9 nitrogen and oxygen atoms in total. The largest absolute Gasteiger partial charge is 0.374 e. The molecule has 6 heterocycles. The lowest BCUT2D eigenvalue weighted by molar-refractivity contribution is 0.137. The molecule has 1 saturated carbocycles. The van der Waals surface area contributed by atoms with Gasteiger partial charge in [-0.1, -0.05) is 12.8 Å². The molecule has 0 bridgehead atoms. The lowest BCUT2D eigenvalue weighted by Crippen LogP contribution is -2.30. The average Bonchev–Trinajstić information content (AvgIpc) is 3.73. The zero-order valence-electron chi connectivity index (χ0n) is 21.3. The van der Waals surface area contributed by atoms with Gasteiger partial charge >= 0.3 is 0 Å². The van der Waals surface area contributed by atoms with Crippen LogP contribution in [-0.4, -0.2) is 54.6 Å². The first-order valence-electron chi connectivity index (χ1n) is 13.7. The number of hydrogen-bond donors (Lipinski definition) is 4. The number of aliphatic hydroxyl groups excluding tert-OH is 1. The van der Waals surface area contributed by atoms with Crippen molar-refractivity contribution in [2.45, 2.75) is 51.2 Å². The molecule has 9 heteroatoms. The number of piperidine rings is 1. The second kappa shape index (κ2) is 9.72. The van der Waals surface area contributed by atoms with E-state index in [0.29, 0.717) is 5.92 Å². The maximum atomic E-state index is 10.6. The van der Waals surface area contributed by atoms with Crippen LogP contribution in [0.4, 0.5) is 11.5 Å². The van der Waals surface area contributed by atoms with Crippen LogP contribution in [0.5, 0.6) is 0 Å². The monoisotopic (exact) mass is 508 g/mol. The van der Waals surface area contributed by atoms with Crippen molar-refractivity contribution in [2.24, 2.45) is 5.92 Å². The molecule has 7 rings (SSSR count). The number of rotatable bonds is 6. The first-order chi connectivity index (χ1) is 18.7. The van der Waals surface area contributed by atoms with Crippen molar-refractivity contribution in [3.8, 4) is 22.5 Å². The lowest BCUT2D eigenvalue weighted by atomic mass is 10.1. The van der Waals surface area contributed by atoms with Crippen LogP contribution in [0.15, 0.2) is 49.1 Å². The first kappa shape index (κ1) is 23.2. The van der Waals surface area contributed by atoms with Crippen LogP contribution in [0.25, 0.3) is 44.5 Å². The second-order valence-corrected chi connectivity index (χ2v) is 10.6. The van der Waals surface area contributed by atoms with E-state index in [1.54, 1.807) is 6.20 Å². The van der Waals surface area contributed by atoms with Gasteiger partial charge in [-0.05, 0) is 56.4 Å². The minimum Gasteiger partial charge on any atom is -0.374 e. The lowest BCUT2D eigenvalue weighted by Gasteiger charge is -2.28. The third kappa shape index (κ3) is 4.26. The molecule has 0 aromatic carbocycles. The van der Waals surface area contributed by atoms with Gasteiger partial charge in [-0.15, -0.1) is 0 Å². The minimum atomic E-state index is -0.554. The van der Waals surface area contributed by atoms with Gasteiger partial charge in [0.1, 0.15) is 17.7 Å². The number of nitrogens with one attached hydrogen (secondary N) is 3. The highest BCUT2D eigenvalue weighted by molar-refractivity contribution is 5.99. The van der Waals surface area contributed by atoms with Crippen LogP contribution >= 0.6 is 0 Å². The molecule has 0 amide bonds. The molecule has 5 aromatic heterocycles. The summed E-state index contributed by atoms with van der Waals surface area (Å²) in [6.45, 7) is 2.09. The maximum Gasteiger partial charge on any atom is 0.155 e. The molecular formula is C29H32N8O. The van der Waals surface area contributed by atoms with Gasteiger partial charge in [-0.2, -0.15) is 5.10 Å². The Morgan fingerprint density at radius 2 is 1.76 bits per heavy atom. The number of fused-ring (bicyclic) bond motifs is 2. The Kier molecular flexibility index (Phi) is 5.92. The molecule has 1 unspecified atom stereocenters. The number of pyridine rings is 3. The summed E-state index contributed by atoms with van der Waals surface area (Å²) in [6, 6.07) is 8.30. The summed E-state index contributed by atoms with van der Waals surface area (Å²) in [4.78, 5) is 19.8. The number of aliphatic hydroxyl groups is 1. The fraction of sp³-hybridized carbons (Fsp3) is 0.379. The van der Waals surface area contributed by atoms with E-state index in [4.69, 9.17) is 4.98 Å². The number of anilines is 2. The fourth-order valence-electron chi connectivity index (χ4n) is 6.03. The Bertz CT molecular complexity index is 1580. The van der Waals surface area contributed by atoms with Crippen LogP contribution < -0.4 is 10.2 Å². The van der Waals surface area contributed by atoms with Crippen molar-refractivity contribution in [3.63, 3.8) is 0 Å². The van der Waals surface area contributed by atoms with E-state index in [1.165, 1.54) is 32.1 Å². The highest BCUT2D eigenvalue weighted by Crippen LogP contribution is 2.34. The Morgan fingerprint density at radius 1 is 0.921 bits per heavy atom. The first-order valence-corrected chi connectivity index (χ1v) is 13.7. The molecule has 0 radical (unpaired) electrons. The van der Waals surface area contributed by atoms with Crippen LogP contribution in [0.2, 0.25) is 0 Å². The van der Waals surface area contributed by atoms with E-state index in [0.717, 1.165) is 81.9 Å². The molecule has 0 spiro atoms. The van der Waals surface area contributed by atoms with Crippen molar-refractivity contribution < 1.29 is 5.11 Å². The van der Waals surface area contributed by atoms with Crippen molar-refractivity contribution >= 4 is 33.4 Å². The van der Waals surface area contributed by atoms with Gasteiger partial charge in [-0.25, -0.2) is 9.97 Å². The Hall–Kier alpha value is -3.98. The van der Waals surface area contributed by atoms with Crippen molar-refractivity contribution in [1.82, 2.24) is 30.1 Å². The summed E-state index contributed by atoms with van der Waals surface area (Å²) in [6.07, 6.45) is 15.0. The van der Waals surface area contributed by atoms with E-state index in [1.807, 2.05) is 30.7 Å². The van der Waals surface area contributed by atoms with E-state index >= 15 is 0 Å². The van der Waals surface area contributed by atoms with Crippen molar-refractivity contribution in [3.05, 3.63) is 49.1 Å². The normalized spacial score (nSPS) is 17.4. The molecule has 5 aromatic rings. The second-order valence-electron chi connectivity index (χ2n) is 10.6. The fourth-order valence-corrected chi connectivity index (χ4v) is 6.03. The van der Waals surface area contributed by atoms with Crippen LogP contribution in [0.3, 0.4) is 0 Å². The molecular weight excluding hydrogens is 476 g/mol. The van der Waals surface area contributed by atoms with Gasteiger partial charge in [0.25, 0.3) is 0 Å². The Morgan fingerprint density at radius 3 is 2.63 bits per heavy atom. The summed E-state index contributed by atoms with van der Waals surface area (Å²) in [7, 11) is 0. The molecule has 1 saturated heterocycles. The molecule has 38 heavy (non-hydrogen) atoms. The van der Waals surface area contributed by atoms with Gasteiger partial charge in [0, 0.05) is 59.5 Å². The zero-order valence-corrected chi connectivity index (χ0v) is 21.3. The Balaban J connectivity index is 1.22. The number of aromatic nitrogens is 6. The van der Waals surface area contributed by atoms with Gasteiger partial charge in [-0.3, -0.25) is 10.1 Å². The molecule has 4 N–H and O–H groups in total. The van der Waals surface area contributed by atoms with Crippen LogP contribution in [0.1, 0.15) is 44.9 Å². The predicted octanol–water partition coefficient (Wildman–Crippen LogP) is 5.47. The summed E-state index contributed by atoms with van der Waals surface area (Å²) < 4.78 is 0. The maximum absolute atomic E-state index is 10.6. The molecule has 1 atom stereocenters. The SMILES string of the molecule is OC(Nc1cncc(-c2cnc3[nH]nc(-c4cc5c(N6CCCCC6)nccc5[nH]4)c3c2)c1)C1CCCC1. The van der Waals surface area contributed by atoms with E-state index in [2.05, 4.69) is 47.5 Å². The van der Waals surface area contributed by atoms with Crippen molar-refractivity contribution in [2.75, 3.05) is 23.3 Å². The quantitative estimate of drug-likeness (QED) is 0.224. The van der Waals surface area contributed by atoms with Crippen molar-refractivity contribution in [1.29, 1.82) is 0 Å². The Labute approximate surface area is 220 Å². The third-order valence-electron chi connectivity index (χ3n) is 8.09. The average molecular weight is 509 g/mol. The molecule has 1 aliphatic carbocycles. The van der Waals surface area contributed by atoms with Gasteiger partial charge in [0.15, 0.2) is 5.65 Å². The summed E-state index contributed by atoms with van der Waals surface area (Å²) in [5, 5.41) is 23.6. The smallest absolute Gasteiger partial charge is 0.155 e. The standard InChI is InChI=1S/C29H32N8O/c38-29(18-6-2-3-7-18)33-21-12-19(15-30-17-21)20-13-23-26(35-36-27(23)32-16-20)25-14-22-24(34-25)8-9-31-28(22)37-10-4-1-5-11-37/h8-9,12-18,29,33-34,38H,1-7,10-11H2,(H,32,35,36).